The Hall–Kier alpha value is 1.07. The van der Waals surface area contributed by atoms with Crippen LogP contribution < -0.4 is 11.2 Å². The maximum absolute atomic E-state index is 12.4. The molecule has 1 unspecified atom stereocenters. The van der Waals surface area contributed by atoms with E-state index < -0.39 is 7.60 Å². The number of rotatable bonds is 15. The van der Waals surface area contributed by atoms with Crippen LogP contribution in [-0.4, -0.2) is 55.4 Å². The molecule has 0 radical (unpaired) electrons. The van der Waals surface area contributed by atoms with Crippen molar-refractivity contribution in [2.45, 2.75) is 65.2 Å². The Bertz CT molecular complexity index is 258. The van der Waals surface area contributed by atoms with Crippen molar-refractivity contribution in [1.82, 2.24) is 5.48 Å². The Balaban J connectivity index is 0. The summed E-state index contributed by atoms with van der Waals surface area (Å²) in [5.41, 5.74) is 8.00. The van der Waals surface area contributed by atoms with Crippen molar-refractivity contribution in [3.8, 4) is 0 Å². The van der Waals surface area contributed by atoms with Crippen LogP contribution in [0.4, 0.5) is 0 Å². The van der Waals surface area contributed by atoms with E-state index in [1.54, 1.807) is 0 Å². The van der Waals surface area contributed by atoms with Gasteiger partial charge < -0.3 is 10.3 Å². The molecule has 0 aliphatic heterocycles. The molecule has 21 heavy (non-hydrogen) atoms. The van der Waals surface area contributed by atoms with Crippen LogP contribution in [0.25, 0.3) is 0 Å². The van der Waals surface area contributed by atoms with Crippen LogP contribution in [0, 0.1) is 0 Å². The first-order valence-electron chi connectivity index (χ1n) is 8.03. The second-order valence-corrected chi connectivity index (χ2v) is 7.17. The SMILES string of the molecule is CCCCCCCCOP(=O)(CCCC)ONCCN.[NaH]. The standard InChI is InChI=1S/C14H33N2O3P.Na.H/c1-3-5-7-8-9-10-13-18-20(17,14-6-4-2)19-16-12-11-15;;/h16H,3-15H2,1-2H3;;. The van der Waals surface area contributed by atoms with Crippen LogP contribution in [0.15, 0.2) is 0 Å². The van der Waals surface area contributed by atoms with Crippen LogP contribution in [0.3, 0.4) is 0 Å². The molecule has 7 heteroatoms. The number of hydroxylamine groups is 1. The number of nitrogens with two attached hydrogens (primary N) is 1. The van der Waals surface area contributed by atoms with Crippen molar-refractivity contribution < 1.29 is 13.7 Å². The van der Waals surface area contributed by atoms with Crippen molar-refractivity contribution in [1.29, 1.82) is 0 Å². The molecule has 3 N–H and O–H groups in total. The fourth-order valence-corrected chi connectivity index (χ4v) is 3.45. The summed E-state index contributed by atoms with van der Waals surface area (Å²) in [6.45, 7) is 5.71. The first-order valence-corrected chi connectivity index (χ1v) is 9.76. The predicted molar refractivity (Wildman–Crippen MR) is 92.0 cm³/mol. The van der Waals surface area contributed by atoms with Crippen molar-refractivity contribution >= 4 is 37.2 Å². The first kappa shape index (κ1) is 24.3. The minimum absolute atomic E-state index is 0. The monoisotopic (exact) mass is 332 g/mol. The molecular formula is C14H34N2NaO3P. The van der Waals surface area contributed by atoms with E-state index >= 15 is 0 Å². The predicted octanol–water partition coefficient (Wildman–Crippen LogP) is 3.19. The van der Waals surface area contributed by atoms with E-state index in [1.165, 1.54) is 25.7 Å². The first-order chi connectivity index (χ1) is 9.68. The van der Waals surface area contributed by atoms with E-state index in [9.17, 15) is 4.57 Å². The van der Waals surface area contributed by atoms with Gasteiger partial charge in [-0.25, -0.2) is 4.62 Å². The van der Waals surface area contributed by atoms with E-state index in [1.807, 2.05) is 0 Å². The molecule has 0 amide bonds. The minimum atomic E-state index is -2.99. The fraction of sp³-hybridized carbons (Fsp3) is 1.00. The Kier molecular flexibility index (Phi) is 20.2. The number of nitrogens with one attached hydrogen (secondary N) is 1. The molecule has 0 saturated heterocycles. The van der Waals surface area contributed by atoms with E-state index in [0.29, 0.717) is 25.9 Å². The molecule has 0 spiro atoms. The topological polar surface area (TPSA) is 73.6 Å². The summed E-state index contributed by atoms with van der Waals surface area (Å²) in [5, 5.41) is 0. The molecule has 0 saturated carbocycles. The molecule has 5 nitrogen and oxygen atoms in total. The Morgan fingerprint density at radius 2 is 1.62 bits per heavy atom. The molecule has 0 heterocycles. The normalized spacial score (nSPS) is 13.7. The van der Waals surface area contributed by atoms with Gasteiger partial charge in [0.1, 0.15) is 0 Å². The van der Waals surface area contributed by atoms with Gasteiger partial charge in [-0.1, -0.05) is 52.4 Å². The summed E-state index contributed by atoms with van der Waals surface area (Å²) >= 11 is 0. The number of hydrogen-bond acceptors (Lipinski definition) is 5. The summed E-state index contributed by atoms with van der Waals surface area (Å²) in [5.74, 6) is 0. The third kappa shape index (κ3) is 15.7. The second kappa shape index (κ2) is 17.4. The van der Waals surface area contributed by atoms with Crippen LogP contribution in [-0.2, 0) is 13.7 Å². The summed E-state index contributed by atoms with van der Waals surface area (Å²) in [6.07, 6.45) is 9.41. The summed E-state index contributed by atoms with van der Waals surface area (Å²) < 4.78 is 23.2. The van der Waals surface area contributed by atoms with Crippen LogP contribution >= 0.6 is 7.60 Å². The van der Waals surface area contributed by atoms with Crippen molar-refractivity contribution in [2.24, 2.45) is 5.73 Å². The van der Waals surface area contributed by atoms with E-state index in [4.69, 9.17) is 14.9 Å². The van der Waals surface area contributed by atoms with Gasteiger partial charge in [-0.15, -0.1) is 0 Å². The third-order valence-corrected chi connectivity index (χ3v) is 4.87. The summed E-state index contributed by atoms with van der Waals surface area (Å²) in [4.78, 5) is 0. The number of hydrogen-bond donors (Lipinski definition) is 2. The fourth-order valence-electron chi connectivity index (χ4n) is 1.78. The van der Waals surface area contributed by atoms with E-state index in [0.717, 1.165) is 25.7 Å². The van der Waals surface area contributed by atoms with Crippen LogP contribution in [0.2, 0.25) is 0 Å². The average Bonchev–Trinajstić information content (AvgIpc) is 2.45. The van der Waals surface area contributed by atoms with E-state index in [2.05, 4.69) is 19.3 Å². The van der Waals surface area contributed by atoms with Gasteiger partial charge in [0.25, 0.3) is 0 Å². The molecule has 124 valence electrons. The Morgan fingerprint density at radius 1 is 1.00 bits per heavy atom. The zero-order chi connectivity index (χ0) is 15.1. The molecule has 0 aliphatic rings. The van der Waals surface area contributed by atoms with Gasteiger partial charge in [0.05, 0.1) is 12.8 Å². The van der Waals surface area contributed by atoms with Gasteiger partial charge in [-0.3, -0.25) is 4.57 Å². The van der Waals surface area contributed by atoms with Gasteiger partial charge in [0.15, 0.2) is 0 Å². The zero-order valence-electron chi connectivity index (χ0n) is 13.2. The Labute approximate surface area is 152 Å². The molecule has 0 aromatic carbocycles. The van der Waals surface area contributed by atoms with Gasteiger partial charge in [0, 0.05) is 13.1 Å². The summed E-state index contributed by atoms with van der Waals surface area (Å²) in [7, 11) is -2.99. The van der Waals surface area contributed by atoms with Crippen LogP contribution in [0.5, 0.6) is 0 Å². The summed E-state index contributed by atoms with van der Waals surface area (Å²) in [6, 6.07) is 0. The van der Waals surface area contributed by atoms with E-state index in [-0.39, 0.29) is 29.6 Å². The van der Waals surface area contributed by atoms with Crippen LogP contribution in [0.1, 0.15) is 65.2 Å². The van der Waals surface area contributed by atoms with Gasteiger partial charge in [-0.05, 0) is 12.8 Å². The molecule has 0 fully saturated rings. The van der Waals surface area contributed by atoms with Gasteiger partial charge in [0.2, 0.25) is 0 Å². The molecular weight excluding hydrogens is 298 g/mol. The number of unbranched alkanes of at least 4 members (excludes halogenated alkanes) is 6. The quantitative estimate of drug-likeness (QED) is 0.208. The second-order valence-electron chi connectivity index (χ2n) is 5.06. The van der Waals surface area contributed by atoms with Crippen molar-refractivity contribution in [3.05, 3.63) is 0 Å². The Morgan fingerprint density at radius 3 is 2.24 bits per heavy atom. The molecule has 0 aromatic rings. The zero-order valence-corrected chi connectivity index (χ0v) is 14.1. The van der Waals surface area contributed by atoms with Gasteiger partial charge >= 0.3 is 37.2 Å². The molecule has 0 rings (SSSR count). The average molecular weight is 332 g/mol. The molecule has 1 atom stereocenters. The third-order valence-electron chi connectivity index (χ3n) is 3.02. The molecule has 0 aliphatic carbocycles. The van der Waals surface area contributed by atoms with Gasteiger partial charge in [-0.2, -0.15) is 5.48 Å². The molecule has 0 aromatic heterocycles. The molecule has 0 bridgehead atoms. The maximum atomic E-state index is 12.4. The van der Waals surface area contributed by atoms with Crippen molar-refractivity contribution in [2.75, 3.05) is 25.9 Å². The van der Waals surface area contributed by atoms with Crippen molar-refractivity contribution in [3.63, 3.8) is 0 Å².